The molecule has 2 saturated heterocycles. The molecule has 0 amide bonds. The van der Waals surface area contributed by atoms with Crippen molar-refractivity contribution in [3.05, 3.63) is 41.2 Å². The smallest absolute Gasteiger partial charge is 0.181 e. The minimum atomic E-state index is 0.278. The molecular weight excluding hydrogens is 346 g/mol. The average Bonchev–Trinajstić information content (AvgIpc) is 3.00. The summed E-state index contributed by atoms with van der Waals surface area (Å²) in [5, 5.41) is 4.46. The summed E-state index contributed by atoms with van der Waals surface area (Å²) < 4.78 is 5.57. The summed E-state index contributed by atoms with van der Waals surface area (Å²) in [5.41, 5.74) is 3.00. The summed E-state index contributed by atoms with van der Waals surface area (Å²) in [6, 6.07) is 7.02. The molecule has 5 heteroatoms. The number of hydrogen-bond donors (Lipinski definition) is 1. The molecule has 0 unspecified atom stereocenters. The number of rotatable bonds is 4. The van der Waals surface area contributed by atoms with Gasteiger partial charge in [-0.1, -0.05) is 11.6 Å². The molecule has 0 radical (unpaired) electrons. The largest absolute Gasteiger partial charge is 0.480 e. The Balaban J connectivity index is 1.34. The van der Waals surface area contributed by atoms with Crippen molar-refractivity contribution >= 4 is 17.3 Å². The third-order valence-electron chi connectivity index (χ3n) is 6.57. The van der Waals surface area contributed by atoms with Crippen molar-refractivity contribution < 1.29 is 4.74 Å². The molecule has 26 heavy (non-hydrogen) atoms. The van der Waals surface area contributed by atoms with Crippen molar-refractivity contribution in [2.24, 2.45) is 0 Å². The van der Waals surface area contributed by atoms with E-state index in [2.05, 4.69) is 33.8 Å². The van der Waals surface area contributed by atoms with Crippen LogP contribution in [-0.2, 0) is 10.2 Å². The molecule has 3 aliphatic heterocycles. The van der Waals surface area contributed by atoms with Crippen LogP contribution in [-0.4, -0.2) is 55.2 Å². The Bertz CT molecular complexity index is 661. The van der Waals surface area contributed by atoms with Crippen LogP contribution in [0.3, 0.4) is 0 Å². The molecular formula is C21H30ClN3O. The Labute approximate surface area is 162 Å². The van der Waals surface area contributed by atoms with E-state index < -0.39 is 0 Å². The minimum Gasteiger partial charge on any atom is -0.480 e. The van der Waals surface area contributed by atoms with Crippen molar-refractivity contribution in [3.63, 3.8) is 0 Å². The Hall–Kier alpha value is -1.39. The maximum absolute atomic E-state index is 6.28. The lowest BCUT2D eigenvalue weighted by Crippen LogP contribution is -2.51. The molecule has 4 nitrogen and oxygen atoms in total. The molecule has 1 aromatic carbocycles. The number of halogens is 1. The van der Waals surface area contributed by atoms with Crippen LogP contribution in [0.2, 0.25) is 5.02 Å². The van der Waals surface area contributed by atoms with Gasteiger partial charge in [0, 0.05) is 41.8 Å². The van der Waals surface area contributed by atoms with E-state index >= 15 is 0 Å². The van der Waals surface area contributed by atoms with Gasteiger partial charge in [0.15, 0.2) is 5.88 Å². The second kappa shape index (κ2) is 7.32. The van der Waals surface area contributed by atoms with Crippen LogP contribution >= 0.6 is 11.6 Å². The first kappa shape index (κ1) is 18.0. The highest BCUT2D eigenvalue weighted by atomic mass is 35.5. The fraction of sp³-hybridized carbons (Fsp3) is 0.619. The van der Waals surface area contributed by atoms with Crippen LogP contribution in [0.5, 0.6) is 0 Å². The molecule has 0 aliphatic carbocycles. The van der Waals surface area contributed by atoms with Crippen molar-refractivity contribution in [1.29, 1.82) is 0 Å². The van der Waals surface area contributed by atoms with E-state index in [1.54, 1.807) is 0 Å². The number of likely N-dealkylation sites (tertiary alicyclic amines) is 2. The third kappa shape index (κ3) is 3.29. The SMILES string of the molecule is C=C(OCC)N1CCC(N2CCC3(CC2)CNc2ccc(Cl)cc23)CC1. The molecule has 1 aromatic rings. The van der Waals surface area contributed by atoms with E-state index in [0.717, 1.165) is 30.5 Å². The highest BCUT2D eigenvalue weighted by Gasteiger charge is 2.42. The van der Waals surface area contributed by atoms with Gasteiger partial charge in [0.25, 0.3) is 0 Å². The standard InChI is InChI=1S/C21H30ClN3O/c1-3-26-16(2)24-10-6-18(7-11-24)25-12-8-21(9-13-25)15-23-20-5-4-17(22)14-19(20)21/h4-5,14,18,23H,2-3,6-13,15H2,1H3. The third-order valence-corrected chi connectivity index (χ3v) is 6.80. The quantitative estimate of drug-likeness (QED) is 0.803. The summed E-state index contributed by atoms with van der Waals surface area (Å²) >= 11 is 6.28. The van der Waals surface area contributed by atoms with Crippen molar-refractivity contribution in [3.8, 4) is 0 Å². The lowest BCUT2D eigenvalue weighted by Gasteiger charge is -2.45. The first-order valence-electron chi connectivity index (χ1n) is 9.96. The number of ether oxygens (including phenoxy) is 1. The first-order chi connectivity index (χ1) is 12.6. The lowest BCUT2D eigenvalue weighted by atomic mass is 9.74. The molecule has 4 rings (SSSR count). The number of fused-ring (bicyclic) bond motifs is 2. The van der Waals surface area contributed by atoms with Gasteiger partial charge < -0.3 is 19.9 Å². The van der Waals surface area contributed by atoms with Crippen LogP contribution < -0.4 is 5.32 Å². The number of piperidine rings is 2. The number of hydrogen-bond acceptors (Lipinski definition) is 4. The van der Waals surface area contributed by atoms with Gasteiger partial charge in [-0.05, 0) is 76.0 Å². The molecule has 0 saturated carbocycles. The molecule has 1 spiro atoms. The lowest BCUT2D eigenvalue weighted by molar-refractivity contribution is 0.0524. The first-order valence-corrected chi connectivity index (χ1v) is 10.3. The van der Waals surface area contributed by atoms with E-state index in [4.69, 9.17) is 16.3 Å². The monoisotopic (exact) mass is 375 g/mol. The molecule has 0 atom stereocenters. The van der Waals surface area contributed by atoms with Crippen LogP contribution in [0.1, 0.15) is 38.2 Å². The van der Waals surface area contributed by atoms with Crippen LogP contribution in [0.4, 0.5) is 5.69 Å². The zero-order valence-electron chi connectivity index (χ0n) is 15.8. The zero-order valence-corrected chi connectivity index (χ0v) is 16.5. The molecule has 142 valence electrons. The van der Waals surface area contributed by atoms with E-state index in [-0.39, 0.29) is 5.41 Å². The number of benzene rings is 1. The summed E-state index contributed by atoms with van der Waals surface area (Å²) in [6.07, 6.45) is 4.86. The second-order valence-corrected chi connectivity index (χ2v) is 8.34. The van der Waals surface area contributed by atoms with Crippen LogP contribution in [0.25, 0.3) is 0 Å². The topological polar surface area (TPSA) is 27.7 Å². The van der Waals surface area contributed by atoms with Gasteiger partial charge in [0.1, 0.15) is 0 Å². The summed E-state index contributed by atoms with van der Waals surface area (Å²) in [5.74, 6) is 0.842. The summed E-state index contributed by atoms with van der Waals surface area (Å²) in [7, 11) is 0. The van der Waals surface area contributed by atoms with E-state index in [9.17, 15) is 0 Å². The molecule has 1 N–H and O–H groups in total. The van der Waals surface area contributed by atoms with Gasteiger partial charge in [0.05, 0.1) is 6.61 Å². The molecule has 3 aliphatic rings. The molecule has 2 fully saturated rings. The fourth-order valence-corrected chi connectivity index (χ4v) is 5.14. The van der Waals surface area contributed by atoms with Crippen LogP contribution in [0, 0.1) is 0 Å². The van der Waals surface area contributed by atoms with Crippen molar-refractivity contribution in [2.75, 3.05) is 44.6 Å². The minimum absolute atomic E-state index is 0.278. The highest BCUT2D eigenvalue weighted by Crippen LogP contribution is 2.45. The number of nitrogens with one attached hydrogen (secondary N) is 1. The van der Waals surface area contributed by atoms with Crippen molar-refractivity contribution in [1.82, 2.24) is 9.80 Å². The maximum atomic E-state index is 6.28. The normalized spacial score (nSPS) is 22.9. The predicted octanol–water partition coefficient (Wildman–Crippen LogP) is 4.07. The summed E-state index contributed by atoms with van der Waals surface area (Å²) in [6.45, 7) is 12.3. The van der Waals surface area contributed by atoms with E-state index in [1.807, 2.05) is 13.0 Å². The average molecular weight is 376 g/mol. The van der Waals surface area contributed by atoms with Gasteiger partial charge in [-0.3, -0.25) is 0 Å². The molecule has 0 aromatic heterocycles. The van der Waals surface area contributed by atoms with Gasteiger partial charge in [-0.15, -0.1) is 0 Å². The fourth-order valence-electron chi connectivity index (χ4n) is 4.97. The Morgan fingerprint density at radius 1 is 1.27 bits per heavy atom. The second-order valence-electron chi connectivity index (χ2n) is 7.90. The predicted molar refractivity (Wildman–Crippen MR) is 108 cm³/mol. The van der Waals surface area contributed by atoms with Gasteiger partial charge in [-0.2, -0.15) is 0 Å². The highest BCUT2D eigenvalue weighted by molar-refractivity contribution is 6.30. The maximum Gasteiger partial charge on any atom is 0.181 e. The van der Waals surface area contributed by atoms with Gasteiger partial charge >= 0.3 is 0 Å². The Morgan fingerprint density at radius 2 is 2.00 bits per heavy atom. The van der Waals surface area contributed by atoms with Crippen molar-refractivity contribution in [2.45, 2.75) is 44.1 Å². The summed E-state index contributed by atoms with van der Waals surface area (Å²) in [4.78, 5) is 5.01. The molecule has 0 bridgehead atoms. The Morgan fingerprint density at radius 3 is 2.69 bits per heavy atom. The van der Waals surface area contributed by atoms with E-state index in [1.165, 1.54) is 50.0 Å². The number of anilines is 1. The zero-order chi connectivity index (χ0) is 18.1. The van der Waals surface area contributed by atoms with Gasteiger partial charge in [-0.25, -0.2) is 0 Å². The Kier molecular flexibility index (Phi) is 5.07. The van der Waals surface area contributed by atoms with Crippen LogP contribution in [0.15, 0.2) is 30.7 Å². The molecule has 3 heterocycles. The van der Waals surface area contributed by atoms with E-state index in [0.29, 0.717) is 12.6 Å². The van der Waals surface area contributed by atoms with Gasteiger partial charge in [0.2, 0.25) is 0 Å². The number of nitrogens with zero attached hydrogens (tertiary/aromatic N) is 2.